The van der Waals surface area contributed by atoms with Crippen molar-refractivity contribution in [1.82, 2.24) is 20.2 Å². The second-order valence-electron chi connectivity index (χ2n) is 5.96. The van der Waals surface area contributed by atoms with Crippen LogP contribution in [0.2, 0.25) is 0 Å². The summed E-state index contributed by atoms with van der Waals surface area (Å²) < 4.78 is 14.0. The molecule has 3 N–H and O–H groups in total. The monoisotopic (exact) mass is 369 g/mol. The first-order valence-electron chi connectivity index (χ1n) is 8.05. The van der Waals surface area contributed by atoms with Gasteiger partial charge in [0.2, 0.25) is 0 Å². The average Bonchev–Trinajstić information content (AvgIpc) is 3.24. The van der Waals surface area contributed by atoms with Gasteiger partial charge in [-0.1, -0.05) is 12.1 Å². The molecule has 0 saturated carbocycles. The topological polar surface area (TPSA) is 86.7 Å². The minimum absolute atomic E-state index is 0.228. The maximum Gasteiger partial charge on any atom is 0.153 e. The van der Waals surface area contributed by atoms with Crippen LogP contribution in [0.4, 0.5) is 16.0 Å². The number of anilines is 2. The van der Waals surface area contributed by atoms with Crippen molar-refractivity contribution in [2.24, 2.45) is 0 Å². The van der Waals surface area contributed by atoms with Gasteiger partial charge >= 0.3 is 0 Å². The molecular formula is C18H16FN5OS. The molecule has 26 heavy (non-hydrogen) atoms. The van der Waals surface area contributed by atoms with Gasteiger partial charge in [-0.05, 0) is 36.1 Å². The van der Waals surface area contributed by atoms with Gasteiger partial charge in [0.05, 0.1) is 16.3 Å². The first-order valence-corrected chi connectivity index (χ1v) is 8.93. The number of aromatic amines is 1. The largest absolute Gasteiger partial charge is 0.388 e. The highest BCUT2D eigenvalue weighted by molar-refractivity contribution is 7.17. The van der Waals surface area contributed by atoms with Crippen LogP contribution in [-0.2, 0) is 6.42 Å². The van der Waals surface area contributed by atoms with Gasteiger partial charge < -0.3 is 10.4 Å². The number of fused-ring (bicyclic) bond motifs is 1. The molecular weight excluding hydrogens is 353 g/mol. The lowest BCUT2D eigenvalue weighted by Gasteiger charge is -2.11. The molecule has 0 radical (unpaired) electrons. The summed E-state index contributed by atoms with van der Waals surface area (Å²) in [5.41, 5.74) is 2.37. The van der Waals surface area contributed by atoms with E-state index in [9.17, 15) is 9.50 Å². The summed E-state index contributed by atoms with van der Waals surface area (Å²) in [5.74, 6) is 1.49. The lowest BCUT2D eigenvalue weighted by atomic mass is 10.1. The molecule has 0 bridgehead atoms. The molecule has 0 spiro atoms. The molecule has 3 aromatic heterocycles. The number of halogens is 1. The Morgan fingerprint density at radius 3 is 2.77 bits per heavy atom. The molecule has 132 valence electrons. The zero-order valence-electron chi connectivity index (χ0n) is 13.9. The molecule has 1 atom stereocenters. The van der Waals surface area contributed by atoms with Crippen molar-refractivity contribution in [3.05, 3.63) is 64.7 Å². The lowest BCUT2D eigenvalue weighted by molar-refractivity contribution is 0.176. The SMILES string of the molecule is Cc1cc(Nc2nc(C[C@@H](O)c3ccc(F)cc3)nc3ccsc23)n[nH]1. The van der Waals surface area contributed by atoms with Gasteiger partial charge in [0.25, 0.3) is 0 Å². The predicted octanol–water partition coefficient (Wildman–Crippen LogP) is 3.88. The summed E-state index contributed by atoms with van der Waals surface area (Å²) in [6, 6.07) is 9.58. The predicted molar refractivity (Wildman–Crippen MR) is 99.1 cm³/mol. The second kappa shape index (κ2) is 6.81. The van der Waals surface area contributed by atoms with Crippen LogP contribution < -0.4 is 5.32 Å². The van der Waals surface area contributed by atoms with Gasteiger partial charge in [0, 0.05) is 18.2 Å². The zero-order chi connectivity index (χ0) is 18.1. The van der Waals surface area contributed by atoms with E-state index in [1.54, 1.807) is 12.1 Å². The van der Waals surface area contributed by atoms with Gasteiger partial charge in [-0.15, -0.1) is 11.3 Å². The van der Waals surface area contributed by atoms with Crippen LogP contribution >= 0.6 is 11.3 Å². The minimum atomic E-state index is -0.813. The van der Waals surface area contributed by atoms with E-state index in [4.69, 9.17) is 0 Å². The van der Waals surface area contributed by atoms with E-state index in [2.05, 4.69) is 25.5 Å². The number of thiophene rings is 1. The molecule has 0 unspecified atom stereocenters. The van der Waals surface area contributed by atoms with Gasteiger partial charge in [-0.25, -0.2) is 14.4 Å². The Labute approximate surface area is 152 Å². The van der Waals surface area contributed by atoms with Crippen molar-refractivity contribution in [2.75, 3.05) is 5.32 Å². The van der Waals surface area contributed by atoms with E-state index in [1.165, 1.54) is 23.5 Å². The summed E-state index contributed by atoms with van der Waals surface area (Å²) in [7, 11) is 0. The molecule has 3 heterocycles. The molecule has 0 aliphatic heterocycles. The summed E-state index contributed by atoms with van der Waals surface area (Å²) in [6.07, 6.45) is -0.585. The zero-order valence-corrected chi connectivity index (χ0v) is 14.7. The normalized spacial score (nSPS) is 12.4. The summed E-state index contributed by atoms with van der Waals surface area (Å²) in [5, 5.41) is 22.6. The van der Waals surface area contributed by atoms with Gasteiger partial charge in [-0.2, -0.15) is 5.10 Å². The summed E-state index contributed by atoms with van der Waals surface area (Å²) >= 11 is 1.54. The highest BCUT2D eigenvalue weighted by atomic mass is 32.1. The van der Waals surface area contributed by atoms with Crippen LogP contribution in [0.3, 0.4) is 0 Å². The van der Waals surface area contributed by atoms with Crippen LogP contribution in [0, 0.1) is 12.7 Å². The number of hydrogen-bond acceptors (Lipinski definition) is 6. The molecule has 6 nitrogen and oxygen atoms in total. The number of aromatic nitrogens is 4. The molecule has 8 heteroatoms. The number of nitrogens with zero attached hydrogens (tertiary/aromatic N) is 3. The van der Waals surface area contributed by atoms with Crippen molar-refractivity contribution in [3.8, 4) is 0 Å². The molecule has 0 aliphatic rings. The minimum Gasteiger partial charge on any atom is -0.388 e. The third-order valence-electron chi connectivity index (χ3n) is 3.93. The molecule has 0 saturated heterocycles. The van der Waals surface area contributed by atoms with Gasteiger partial charge in [0.15, 0.2) is 11.6 Å². The molecule has 4 rings (SSSR count). The summed E-state index contributed by atoms with van der Waals surface area (Å²) in [6.45, 7) is 1.92. The Bertz CT molecular complexity index is 1040. The molecule has 0 aliphatic carbocycles. The number of benzene rings is 1. The first kappa shape index (κ1) is 16.6. The Morgan fingerprint density at radius 1 is 1.23 bits per heavy atom. The van der Waals surface area contributed by atoms with E-state index in [0.29, 0.717) is 23.0 Å². The van der Waals surface area contributed by atoms with Crippen LogP contribution in [0.5, 0.6) is 0 Å². The molecule has 1 aromatic carbocycles. The number of rotatable bonds is 5. The van der Waals surface area contributed by atoms with Crippen molar-refractivity contribution in [2.45, 2.75) is 19.4 Å². The smallest absolute Gasteiger partial charge is 0.153 e. The molecule has 0 fully saturated rings. The quantitative estimate of drug-likeness (QED) is 0.497. The van der Waals surface area contributed by atoms with Crippen LogP contribution in [0.1, 0.15) is 23.2 Å². The average molecular weight is 369 g/mol. The van der Waals surface area contributed by atoms with Crippen LogP contribution in [0.25, 0.3) is 10.2 Å². The first-order chi connectivity index (χ1) is 12.6. The number of nitrogens with one attached hydrogen (secondary N) is 2. The maximum absolute atomic E-state index is 13.1. The van der Waals surface area contributed by atoms with Crippen molar-refractivity contribution in [1.29, 1.82) is 0 Å². The second-order valence-corrected chi connectivity index (χ2v) is 6.87. The Morgan fingerprint density at radius 2 is 2.04 bits per heavy atom. The fraction of sp³-hybridized carbons (Fsp3) is 0.167. The number of hydrogen-bond donors (Lipinski definition) is 3. The highest BCUT2D eigenvalue weighted by Crippen LogP contribution is 2.29. The van der Waals surface area contributed by atoms with Crippen molar-refractivity contribution >= 4 is 33.2 Å². The Hall–Kier alpha value is -2.84. The fourth-order valence-corrected chi connectivity index (χ4v) is 3.44. The van der Waals surface area contributed by atoms with Gasteiger partial charge in [-0.3, -0.25) is 5.10 Å². The van der Waals surface area contributed by atoms with Crippen molar-refractivity contribution < 1.29 is 9.50 Å². The Balaban J connectivity index is 1.63. The maximum atomic E-state index is 13.1. The van der Waals surface area contributed by atoms with E-state index in [1.807, 2.05) is 24.4 Å². The number of aryl methyl sites for hydroxylation is 1. The standard InChI is InChI=1S/C18H16FN5OS/c1-10-8-16(24-23-10)22-18-17-13(6-7-26-17)20-15(21-18)9-14(25)11-2-4-12(19)5-3-11/h2-8,14,25H,9H2,1H3,(H2,20,21,22,23,24)/t14-/m1/s1. The highest BCUT2D eigenvalue weighted by Gasteiger charge is 2.15. The van der Waals surface area contributed by atoms with Gasteiger partial charge in [0.1, 0.15) is 11.6 Å². The third kappa shape index (κ3) is 3.42. The summed E-state index contributed by atoms with van der Waals surface area (Å²) in [4.78, 5) is 9.08. The van der Waals surface area contributed by atoms with E-state index < -0.39 is 6.10 Å². The number of aliphatic hydroxyl groups excluding tert-OH is 1. The van der Waals surface area contributed by atoms with E-state index in [-0.39, 0.29) is 12.2 Å². The van der Waals surface area contributed by atoms with E-state index in [0.717, 1.165) is 15.9 Å². The number of aliphatic hydroxyl groups is 1. The fourth-order valence-electron chi connectivity index (χ4n) is 2.67. The van der Waals surface area contributed by atoms with Crippen LogP contribution in [-0.4, -0.2) is 25.3 Å². The third-order valence-corrected chi connectivity index (χ3v) is 4.84. The van der Waals surface area contributed by atoms with Crippen LogP contribution in [0.15, 0.2) is 41.8 Å². The Kier molecular flexibility index (Phi) is 4.36. The number of H-pyrrole nitrogens is 1. The molecule has 0 amide bonds. The van der Waals surface area contributed by atoms with E-state index >= 15 is 0 Å². The lowest BCUT2D eigenvalue weighted by Crippen LogP contribution is -2.07. The van der Waals surface area contributed by atoms with Crippen molar-refractivity contribution in [3.63, 3.8) is 0 Å². The molecule has 4 aromatic rings.